The highest BCUT2D eigenvalue weighted by Gasteiger charge is 2.42. The molecule has 5 heteroatoms. The highest BCUT2D eigenvalue weighted by Crippen LogP contribution is 2.36. The second-order valence-corrected chi connectivity index (χ2v) is 8.14. The maximum atomic E-state index is 12.9. The molecular formula is C21H30N2O3. The minimum absolute atomic E-state index is 0.184. The van der Waals surface area contributed by atoms with Gasteiger partial charge in [0.15, 0.2) is 0 Å². The number of hydrogen-bond acceptors (Lipinski definition) is 4. The van der Waals surface area contributed by atoms with Gasteiger partial charge >= 0.3 is 0 Å². The van der Waals surface area contributed by atoms with E-state index in [1.165, 1.54) is 18.4 Å². The van der Waals surface area contributed by atoms with Crippen molar-refractivity contribution >= 4 is 5.91 Å². The normalized spacial score (nSPS) is 26.2. The monoisotopic (exact) mass is 358 g/mol. The molecular weight excluding hydrogens is 328 g/mol. The Balaban J connectivity index is 1.47. The third-order valence-electron chi connectivity index (χ3n) is 6.07. The highest BCUT2D eigenvalue weighted by molar-refractivity contribution is 5.80. The number of hydrogen-bond donors (Lipinski definition) is 0. The molecule has 142 valence electrons. The molecule has 4 fully saturated rings. The van der Waals surface area contributed by atoms with E-state index in [9.17, 15) is 4.79 Å². The molecule has 3 saturated heterocycles. The summed E-state index contributed by atoms with van der Waals surface area (Å²) in [5.74, 6) is 2.23. The van der Waals surface area contributed by atoms with Gasteiger partial charge in [-0.15, -0.1) is 0 Å². The van der Waals surface area contributed by atoms with Crippen LogP contribution in [-0.4, -0.2) is 55.6 Å². The first-order valence-corrected chi connectivity index (χ1v) is 9.85. The van der Waals surface area contributed by atoms with E-state index in [0.29, 0.717) is 18.6 Å². The van der Waals surface area contributed by atoms with Crippen LogP contribution < -0.4 is 4.74 Å². The fourth-order valence-corrected chi connectivity index (χ4v) is 4.53. The molecule has 0 N–H and O–H groups in total. The van der Waals surface area contributed by atoms with Gasteiger partial charge in [0.1, 0.15) is 5.75 Å². The summed E-state index contributed by atoms with van der Waals surface area (Å²) in [5, 5.41) is 0. The van der Waals surface area contributed by atoms with Crippen molar-refractivity contribution in [1.82, 2.24) is 9.80 Å². The molecule has 0 radical (unpaired) electrons. The molecule has 1 aromatic rings. The van der Waals surface area contributed by atoms with Gasteiger partial charge in [-0.3, -0.25) is 9.69 Å². The van der Waals surface area contributed by atoms with Crippen molar-refractivity contribution in [1.29, 1.82) is 0 Å². The summed E-state index contributed by atoms with van der Waals surface area (Å²) in [7, 11) is 3.40. The summed E-state index contributed by atoms with van der Waals surface area (Å²) in [4.78, 5) is 17.6. The van der Waals surface area contributed by atoms with Gasteiger partial charge < -0.3 is 14.4 Å². The molecule has 2 atom stereocenters. The number of methoxy groups -OCH3 is 2. The molecule has 2 bridgehead atoms. The third-order valence-corrected chi connectivity index (χ3v) is 6.07. The van der Waals surface area contributed by atoms with Crippen molar-refractivity contribution in [3.63, 3.8) is 0 Å². The number of fused-ring (bicyclic) bond motifs is 4. The number of rotatable bonds is 7. The molecule has 0 spiro atoms. The van der Waals surface area contributed by atoms with Gasteiger partial charge in [-0.1, -0.05) is 6.07 Å². The van der Waals surface area contributed by atoms with E-state index < -0.39 is 0 Å². The minimum atomic E-state index is 0.184. The maximum Gasteiger partial charge on any atom is 0.227 e. The van der Waals surface area contributed by atoms with Crippen molar-refractivity contribution < 1.29 is 14.3 Å². The first-order valence-electron chi connectivity index (χ1n) is 9.85. The summed E-state index contributed by atoms with van der Waals surface area (Å²) < 4.78 is 10.7. The SMILES string of the molecule is COCc1cc(CN2C[C@H]3CC[C@@H](C2)N(CC2CC2)C3=O)ccc1OC. The van der Waals surface area contributed by atoms with Gasteiger partial charge in [0.2, 0.25) is 5.91 Å². The summed E-state index contributed by atoms with van der Waals surface area (Å²) in [6.45, 7) is 4.32. The second-order valence-electron chi connectivity index (χ2n) is 8.14. The molecule has 26 heavy (non-hydrogen) atoms. The quantitative estimate of drug-likeness (QED) is 0.752. The number of carbonyl (C=O) groups is 1. The zero-order chi connectivity index (χ0) is 18.1. The number of amides is 1. The predicted octanol–water partition coefficient (Wildman–Crippen LogP) is 2.67. The lowest BCUT2D eigenvalue weighted by Gasteiger charge is -2.36. The second kappa shape index (κ2) is 7.57. The Morgan fingerprint density at radius 2 is 1.96 bits per heavy atom. The lowest BCUT2D eigenvalue weighted by atomic mass is 9.94. The Morgan fingerprint density at radius 3 is 2.69 bits per heavy atom. The van der Waals surface area contributed by atoms with Crippen LogP contribution in [0.1, 0.15) is 36.8 Å². The van der Waals surface area contributed by atoms with Crippen LogP contribution in [-0.2, 0) is 22.7 Å². The Morgan fingerprint density at radius 1 is 1.12 bits per heavy atom. The van der Waals surface area contributed by atoms with Crippen LogP contribution in [0.2, 0.25) is 0 Å². The Kier molecular flexibility index (Phi) is 5.18. The van der Waals surface area contributed by atoms with E-state index >= 15 is 0 Å². The molecule has 3 aliphatic heterocycles. The molecule has 4 aliphatic rings. The molecule has 5 nitrogen and oxygen atoms in total. The van der Waals surface area contributed by atoms with E-state index in [2.05, 4.69) is 21.9 Å². The van der Waals surface area contributed by atoms with Crippen LogP contribution in [0.4, 0.5) is 0 Å². The van der Waals surface area contributed by atoms with Gasteiger partial charge in [0, 0.05) is 44.9 Å². The zero-order valence-electron chi connectivity index (χ0n) is 15.9. The molecule has 3 heterocycles. The molecule has 5 rings (SSSR count). The third kappa shape index (κ3) is 3.74. The molecule has 0 unspecified atom stereocenters. The van der Waals surface area contributed by atoms with Crippen molar-refractivity contribution in [3.05, 3.63) is 29.3 Å². The van der Waals surface area contributed by atoms with Gasteiger partial charge in [0.25, 0.3) is 0 Å². The molecule has 1 aliphatic carbocycles. The van der Waals surface area contributed by atoms with Crippen LogP contribution in [0.3, 0.4) is 0 Å². The van der Waals surface area contributed by atoms with Crippen molar-refractivity contribution in [2.75, 3.05) is 33.9 Å². The highest BCUT2D eigenvalue weighted by atomic mass is 16.5. The first kappa shape index (κ1) is 17.8. The number of benzene rings is 1. The molecule has 1 amide bonds. The van der Waals surface area contributed by atoms with Crippen molar-refractivity contribution in [2.45, 2.75) is 44.9 Å². The smallest absolute Gasteiger partial charge is 0.227 e. The van der Waals surface area contributed by atoms with E-state index in [1.807, 2.05) is 6.07 Å². The van der Waals surface area contributed by atoms with E-state index in [4.69, 9.17) is 9.47 Å². The zero-order valence-corrected chi connectivity index (χ0v) is 15.9. The maximum absolute atomic E-state index is 12.9. The van der Waals surface area contributed by atoms with Gasteiger partial charge in [-0.05, 0) is 49.3 Å². The largest absolute Gasteiger partial charge is 0.496 e. The van der Waals surface area contributed by atoms with E-state index in [1.54, 1.807) is 14.2 Å². The number of nitrogens with zero attached hydrogens (tertiary/aromatic N) is 2. The predicted molar refractivity (Wildman–Crippen MR) is 99.9 cm³/mol. The van der Waals surface area contributed by atoms with Crippen LogP contribution in [0, 0.1) is 11.8 Å². The first-order chi connectivity index (χ1) is 12.7. The van der Waals surface area contributed by atoms with Gasteiger partial charge in [-0.25, -0.2) is 0 Å². The Labute approximate surface area is 156 Å². The standard InChI is InChI=1S/C21H30N2O3/c1-25-14-18-9-16(5-8-20(18)26-2)10-22-12-17-6-7-19(13-22)23(21(17)24)11-15-3-4-15/h5,8-9,15,17,19H,3-4,6-7,10-14H2,1-2H3/t17-,19+/m1/s1. The Bertz CT molecular complexity index is 659. The Hall–Kier alpha value is -1.59. The van der Waals surface area contributed by atoms with Crippen LogP contribution in [0.5, 0.6) is 5.75 Å². The molecule has 0 aromatic heterocycles. The topological polar surface area (TPSA) is 42.0 Å². The van der Waals surface area contributed by atoms with Crippen molar-refractivity contribution in [3.8, 4) is 5.75 Å². The van der Waals surface area contributed by atoms with Crippen LogP contribution in [0.15, 0.2) is 18.2 Å². The fourth-order valence-electron chi connectivity index (χ4n) is 4.53. The van der Waals surface area contributed by atoms with E-state index in [-0.39, 0.29) is 5.92 Å². The fraction of sp³-hybridized carbons (Fsp3) is 0.667. The minimum Gasteiger partial charge on any atom is -0.496 e. The van der Waals surface area contributed by atoms with E-state index in [0.717, 1.165) is 56.3 Å². The summed E-state index contributed by atoms with van der Waals surface area (Å²) in [5.41, 5.74) is 2.34. The summed E-state index contributed by atoms with van der Waals surface area (Å²) >= 11 is 0. The number of carbonyl (C=O) groups excluding carboxylic acids is 1. The summed E-state index contributed by atoms with van der Waals surface area (Å²) in [6, 6.07) is 6.74. The molecule has 1 saturated carbocycles. The summed E-state index contributed by atoms with van der Waals surface area (Å²) in [6.07, 6.45) is 4.83. The lowest BCUT2D eigenvalue weighted by molar-refractivity contribution is -0.140. The average Bonchev–Trinajstić information content (AvgIpc) is 3.46. The molecule has 1 aromatic carbocycles. The number of ether oxygens (including phenoxy) is 2. The van der Waals surface area contributed by atoms with Gasteiger partial charge in [0.05, 0.1) is 19.6 Å². The van der Waals surface area contributed by atoms with Crippen LogP contribution in [0.25, 0.3) is 0 Å². The van der Waals surface area contributed by atoms with Gasteiger partial charge in [-0.2, -0.15) is 0 Å². The van der Waals surface area contributed by atoms with Crippen molar-refractivity contribution in [2.24, 2.45) is 11.8 Å². The average molecular weight is 358 g/mol. The number of piperidine rings is 1. The van der Waals surface area contributed by atoms with Crippen LogP contribution >= 0.6 is 0 Å². The lowest BCUT2D eigenvalue weighted by Crippen LogP contribution is -2.48.